The number of carbonyl (C=O) groups is 1. The monoisotopic (exact) mass is 437 g/mol. The first kappa shape index (κ1) is 24.1. The van der Waals surface area contributed by atoms with Gasteiger partial charge in [-0.3, -0.25) is 4.79 Å². The van der Waals surface area contributed by atoms with Crippen LogP contribution in [0.1, 0.15) is 55.4 Å². The number of amides is 1. The van der Waals surface area contributed by atoms with Crippen molar-refractivity contribution < 1.29 is 9.53 Å². The van der Waals surface area contributed by atoms with E-state index in [1.165, 1.54) is 5.56 Å². The van der Waals surface area contributed by atoms with Crippen LogP contribution in [0.25, 0.3) is 0 Å². The third-order valence-corrected chi connectivity index (χ3v) is 7.08. The number of nitrogens with zero attached hydrogens (tertiary/aromatic N) is 1. The summed E-state index contributed by atoms with van der Waals surface area (Å²) in [6.45, 7) is 12.9. The van der Waals surface area contributed by atoms with Gasteiger partial charge in [-0.25, -0.2) is 0 Å². The number of nitrogen functional groups attached to an aromatic ring is 1. The maximum absolute atomic E-state index is 13.2. The number of carbonyl (C=O) groups excluding carboxylic acids is 1. The van der Waals surface area contributed by atoms with E-state index in [1.807, 2.05) is 40.7 Å². The van der Waals surface area contributed by atoms with Gasteiger partial charge in [0.05, 0.1) is 0 Å². The topological polar surface area (TPSA) is 67.6 Å². The van der Waals surface area contributed by atoms with Crippen molar-refractivity contribution in [3.63, 3.8) is 0 Å². The first-order valence-electron chi connectivity index (χ1n) is 11.9. The van der Waals surface area contributed by atoms with Crippen LogP contribution in [0.15, 0.2) is 36.4 Å². The summed E-state index contributed by atoms with van der Waals surface area (Å²) in [5.41, 5.74) is 10.4. The SMILES string of the molecule is CCC(C)(Oc1cc(C)c(N)c(C)c1C)C(=O)NC1CCN(CCc2ccccc2)CC1. The molecule has 0 bridgehead atoms. The van der Waals surface area contributed by atoms with Crippen molar-refractivity contribution in [1.82, 2.24) is 10.2 Å². The number of likely N-dealkylation sites (tertiary alicyclic amines) is 1. The van der Waals surface area contributed by atoms with Gasteiger partial charge in [-0.15, -0.1) is 0 Å². The molecule has 1 fully saturated rings. The first-order valence-corrected chi connectivity index (χ1v) is 11.9. The highest BCUT2D eigenvalue weighted by Gasteiger charge is 2.36. The Hall–Kier alpha value is -2.53. The number of anilines is 1. The van der Waals surface area contributed by atoms with Crippen LogP contribution in [0, 0.1) is 20.8 Å². The fourth-order valence-electron chi connectivity index (χ4n) is 4.26. The standard InChI is InChI=1S/C27H39N3O2/c1-6-27(5,32-24-18-19(2)25(28)21(4)20(24)3)26(31)29-23-13-16-30(17-14-23)15-12-22-10-8-7-9-11-22/h7-11,18,23H,6,12-17,28H2,1-5H3,(H,29,31). The van der Waals surface area contributed by atoms with E-state index in [0.717, 1.165) is 67.0 Å². The zero-order chi connectivity index (χ0) is 23.3. The van der Waals surface area contributed by atoms with Gasteiger partial charge >= 0.3 is 0 Å². The molecule has 1 unspecified atom stereocenters. The number of piperidine rings is 1. The van der Waals surface area contributed by atoms with Crippen molar-refractivity contribution in [2.24, 2.45) is 0 Å². The fraction of sp³-hybridized carbons (Fsp3) is 0.519. The second kappa shape index (κ2) is 10.4. The molecule has 2 aromatic rings. The minimum absolute atomic E-state index is 0.0331. The van der Waals surface area contributed by atoms with E-state index in [-0.39, 0.29) is 11.9 Å². The van der Waals surface area contributed by atoms with Gasteiger partial charge < -0.3 is 20.7 Å². The van der Waals surface area contributed by atoms with Crippen LogP contribution >= 0.6 is 0 Å². The molecular weight excluding hydrogens is 398 g/mol. The van der Waals surface area contributed by atoms with Crippen molar-refractivity contribution in [1.29, 1.82) is 0 Å². The van der Waals surface area contributed by atoms with Gasteiger partial charge in [0.25, 0.3) is 5.91 Å². The third-order valence-electron chi connectivity index (χ3n) is 7.08. The Labute approximate surface area is 193 Å². The molecule has 2 aromatic carbocycles. The Bertz CT molecular complexity index is 920. The molecule has 1 amide bonds. The van der Waals surface area contributed by atoms with Crippen molar-refractivity contribution in [3.05, 3.63) is 58.7 Å². The molecule has 1 heterocycles. The first-order chi connectivity index (χ1) is 15.2. The Balaban J connectivity index is 1.55. The molecule has 1 saturated heterocycles. The van der Waals surface area contributed by atoms with Gasteiger partial charge in [-0.05, 0) is 81.7 Å². The average molecular weight is 438 g/mol. The normalized spacial score (nSPS) is 17.0. The summed E-state index contributed by atoms with van der Waals surface area (Å²) in [6.07, 6.45) is 3.61. The minimum atomic E-state index is -0.913. The van der Waals surface area contributed by atoms with Crippen LogP contribution in [0.3, 0.4) is 0 Å². The maximum atomic E-state index is 13.2. The van der Waals surface area contributed by atoms with Crippen LogP contribution in [-0.2, 0) is 11.2 Å². The summed E-state index contributed by atoms with van der Waals surface area (Å²) >= 11 is 0. The van der Waals surface area contributed by atoms with Gasteiger partial charge in [0.2, 0.25) is 0 Å². The lowest BCUT2D eigenvalue weighted by Crippen LogP contribution is -2.54. The molecular formula is C27H39N3O2. The van der Waals surface area contributed by atoms with Gasteiger partial charge in [0.15, 0.2) is 5.60 Å². The zero-order valence-electron chi connectivity index (χ0n) is 20.3. The van der Waals surface area contributed by atoms with Crippen LogP contribution in [-0.4, -0.2) is 42.1 Å². The molecule has 5 nitrogen and oxygen atoms in total. The Morgan fingerprint density at radius 1 is 1.16 bits per heavy atom. The number of rotatable bonds is 8. The molecule has 1 atom stereocenters. The smallest absolute Gasteiger partial charge is 0.264 e. The largest absolute Gasteiger partial charge is 0.477 e. The lowest BCUT2D eigenvalue weighted by atomic mass is 9.97. The molecule has 174 valence electrons. The van der Waals surface area contributed by atoms with Crippen LogP contribution in [0.5, 0.6) is 5.75 Å². The highest BCUT2D eigenvalue weighted by molar-refractivity contribution is 5.85. The highest BCUT2D eigenvalue weighted by Crippen LogP contribution is 2.32. The number of benzene rings is 2. The summed E-state index contributed by atoms with van der Waals surface area (Å²) < 4.78 is 6.33. The summed E-state index contributed by atoms with van der Waals surface area (Å²) in [5.74, 6) is 0.707. The molecule has 5 heteroatoms. The Kier molecular flexibility index (Phi) is 7.83. The maximum Gasteiger partial charge on any atom is 0.264 e. The second-order valence-corrected chi connectivity index (χ2v) is 9.37. The molecule has 0 saturated carbocycles. The highest BCUT2D eigenvalue weighted by atomic mass is 16.5. The molecule has 32 heavy (non-hydrogen) atoms. The number of nitrogens with two attached hydrogens (primary N) is 1. The molecule has 1 aliphatic rings. The number of hydrogen-bond acceptors (Lipinski definition) is 4. The van der Waals surface area contributed by atoms with Gasteiger partial charge in [-0.1, -0.05) is 37.3 Å². The molecule has 0 spiro atoms. The predicted molar refractivity (Wildman–Crippen MR) is 132 cm³/mol. The Morgan fingerprint density at radius 2 is 1.81 bits per heavy atom. The van der Waals surface area contributed by atoms with Crippen LogP contribution < -0.4 is 15.8 Å². The lowest BCUT2D eigenvalue weighted by Gasteiger charge is -2.35. The molecule has 3 N–H and O–H groups in total. The number of aryl methyl sites for hydroxylation is 1. The summed E-state index contributed by atoms with van der Waals surface area (Å²) in [6, 6.07) is 12.8. The van der Waals surface area contributed by atoms with Gasteiger partial charge in [0, 0.05) is 31.4 Å². The van der Waals surface area contributed by atoms with Gasteiger partial charge in [0.1, 0.15) is 5.75 Å². The zero-order valence-corrected chi connectivity index (χ0v) is 20.3. The van der Waals surface area contributed by atoms with Crippen molar-refractivity contribution >= 4 is 11.6 Å². The molecule has 0 aliphatic carbocycles. The van der Waals surface area contributed by atoms with E-state index in [4.69, 9.17) is 10.5 Å². The average Bonchev–Trinajstić information content (AvgIpc) is 2.81. The molecule has 0 radical (unpaired) electrons. The lowest BCUT2D eigenvalue weighted by molar-refractivity contribution is -0.137. The van der Waals surface area contributed by atoms with E-state index >= 15 is 0 Å². The number of nitrogens with one attached hydrogen (secondary N) is 1. The van der Waals surface area contributed by atoms with Crippen molar-refractivity contribution in [2.45, 2.75) is 71.9 Å². The van der Waals surface area contributed by atoms with Crippen LogP contribution in [0.4, 0.5) is 5.69 Å². The van der Waals surface area contributed by atoms with Gasteiger partial charge in [-0.2, -0.15) is 0 Å². The van der Waals surface area contributed by atoms with E-state index in [1.54, 1.807) is 0 Å². The van der Waals surface area contributed by atoms with E-state index in [2.05, 4.69) is 40.5 Å². The summed E-state index contributed by atoms with van der Waals surface area (Å²) in [5, 5.41) is 3.27. The van der Waals surface area contributed by atoms with E-state index in [0.29, 0.717) is 6.42 Å². The summed E-state index contributed by atoms with van der Waals surface area (Å²) in [4.78, 5) is 15.7. The molecule has 1 aliphatic heterocycles. The number of hydrogen-bond donors (Lipinski definition) is 2. The van der Waals surface area contributed by atoms with Crippen molar-refractivity contribution in [2.75, 3.05) is 25.4 Å². The fourth-order valence-corrected chi connectivity index (χ4v) is 4.26. The molecule has 0 aromatic heterocycles. The minimum Gasteiger partial charge on any atom is -0.477 e. The quantitative estimate of drug-likeness (QED) is 0.594. The summed E-state index contributed by atoms with van der Waals surface area (Å²) in [7, 11) is 0. The molecule has 3 rings (SSSR count). The Morgan fingerprint density at radius 3 is 2.44 bits per heavy atom. The third kappa shape index (κ3) is 5.63. The van der Waals surface area contributed by atoms with E-state index in [9.17, 15) is 4.79 Å². The predicted octanol–water partition coefficient (Wildman–Crippen LogP) is 4.56. The van der Waals surface area contributed by atoms with E-state index < -0.39 is 5.60 Å². The second-order valence-electron chi connectivity index (χ2n) is 9.37. The number of ether oxygens (including phenoxy) is 1. The van der Waals surface area contributed by atoms with Crippen LogP contribution in [0.2, 0.25) is 0 Å². The van der Waals surface area contributed by atoms with Crippen molar-refractivity contribution in [3.8, 4) is 5.75 Å².